The average molecular weight is 519 g/mol. The lowest BCUT2D eigenvalue weighted by Crippen LogP contribution is -2.41. The molecular formula is C20H17ClF2N10O3. The molecule has 0 saturated carbocycles. The molecule has 0 aliphatic rings. The van der Waals surface area contributed by atoms with E-state index in [9.17, 15) is 23.6 Å². The molecule has 2 N–H and O–H groups in total. The van der Waals surface area contributed by atoms with Crippen molar-refractivity contribution in [3.8, 4) is 5.69 Å². The molecule has 1 amide bonds. The maximum absolute atomic E-state index is 14.5. The van der Waals surface area contributed by atoms with E-state index in [0.717, 1.165) is 23.0 Å². The molecule has 186 valence electrons. The molecule has 0 fully saturated rings. The number of carbonyl (C=O) groups is 1. The average Bonchev–Trinajstić information content (AvgIpc) is 3.40. The van der Waals surface area contributed by atoms with Gasteiger partial charge in [-0.25, -0.2) is 4.98 Å². The predicted molar refractivity (Wildman–Crippen MR) is 120 cm³/mol. The third-order valence-corrected chi connectivity index (χ3v) is 5.20. The van der Waals surface area contributed by atoms with Crippen LogP contribution in [0.2, 0.25) is 5.15 Å². The van der Waals surface area contributed by atoms with Crippen LogP contribution >= 0.6 is 11.6 Å². The number of pyridine rings is 2. The molecule has 0 aliphatic heterocycles. The van der Waals surface area contributed by atoms with Crippen LogP contribution in [0.3, 0.4) is 0 Å². The van der Waals surface area contributed by atoms with Gasteiger partial charge in [0.25, 0.3) is 11.3 Å². The normalized spacial score (nSPS) is 11.3. The van der Waals surface area contributed by atoms with E-state index in [1.165, 1.54) is 29.3 Å². The molecule has 0 saturated heterocycles. The van der Waals surface area contributed by atoms with Crippen LogP contribution in [0, 0.1) is 5.21 Å². The minimum absolute atomic E-state index is 0.0179. The number of nitrogens with zero attached hydrogens (tertiary/aromatic N) is 8. The van der Waals surface area contributed by atoms with Crippen LogP contribution in [0.4, 0.5) is 14.6 Å². The third kappa shape index (κ3) is 5.41. The molecule has 16 heteroatoms. The van der Waals surface area contributed by atoms with Crippen LogP contribution in [0.15, 0.2) is 60.0 Å². The number of halogens is 3. The minimum Gasteiger partial charge on any atom is -0.618 e. The summed E-state index contributed by atoms with van der Waals surface area (Å²) >= 11 is 6.02. The van der Waals surface area contributed by atoms with Crippen molar-refractivity contribution < 1.29 is 18.3 Å². The zero-order valence-corrected chi connectivity index (χ0v) is 19.0. The van der Waals surface area contributed by atoms with Crippen LogP contribution < -0.4 is 20.9 Å². The summed E-state index contributed by atoms with van der Waals surface area (Å²) in [6.07, 6.45) is 4.87. The molecule has 0 spiro atoms. The molecule has 0 radical (unpaired) electrons. The fourth-order valence-electron chi connectivity index (χ4n) is 3.16. The van der Waals surface area contributed by atoms with Gasteiger partial charge in [0.15, 0.2) is 12.0 Å². The molecule has 0 aliphatic carbocycles. The van der Waals surface area contributed by atoms with Gasteiger partial charge in [-0.1, -0.05) is 11.6 Å². The first-order chi connectivity index (χ1) is 17.3. The van der Waals surface area contributed by atoms with Crippen molar-refractivity contribution in [2.75, 3.05) is 11.9 Å². The monoisotopic (exact) mass is 518 g/mol. The first-order valence-electron chi connectivity index (χ1n) is 10.3. The lowest BCUT2D eigenvalue weighted by atomic mass is 10.2. The van der Waals surface area contributed by atoms with Crippen molar-refractivity contribution in [1.82, 2.24) is 40.1 Å². The van der Waals surface area contributed by atoms with Gasteiger partial charge in [-0.15, -0.1) is 5.10 Å². The Morgan fingerprint density at radius 1 is 1.22 bits per heavy atom. The van der Waals surface area contributed by atoms with Crippen LogP contribution in [-0.4, -0.2) is 47.2 Å². The highest BCUT2D eigenvalue weighted by Gasteiger charge is 2.39. The van der Waals surface area contributed by atoms with Crippen molar-refractivity contribution in [2.24, 2.45) is 0 Å². The van der Waals surface area contributed by atoms with Crippen molar-refractivity contribution in [3.63, 3.8) is 0 Å². The van der Waals surface area contributed by atoms with Crippen LogP contribution in [0.1, 0.15) is 11.4 Å². The zero-order chi connectivity index (χ0) is 25.7. The van der Waals surface area contributed by atoms with E-state index in [1.807, 2.05) is 0 Å². The number of rotatable bonds is 9. The third-order valence-electron chi connectivity index (χ3n) is 4.90. The lowest BCUT2D eigenvalue weighted by Gasteiger charge is -2.17. The second-order valence-electron chi connectivity index (χ2n) is 7.29. The molecule has 36 heavy (non-hydrogen) atoms. The van der Waals surface area contributed by atoms with E-state index in [-0.39, 0.29) is 16.4 Å². The number of anilines is 1. The largest absolute Gasteiger partial charge is 0.618 e. The van der Waals surface area contributed by atoms with E-state index >= 15 is 0 Å². The van der Waals surface area contributed by atoms with Gasteiger partial charge >= 0.3 is 5.92 Å². The topological polar surface area (TPSA) is 159 Å². The number of tetrazole rings is 1. The van der Waals surface area contributed by atoms with E-state index in [0.29, 0.717) is 11.4 Å². The number of amides is 1. The van der Waals surface area contributed by atoms with E-state index in [1.54, 1.807) is 12.1 Å². The maximum atomic E-state index is 14.5. The summed E-state index contributed by atoms with van der Waals surface area (Å²) in [4.78, 5) is 33.2. The quantitative estimate of drug-likeness (QED) is 0.236. The van der Waals surface area contributed by atoms with Crippen molar-refractivity contribution in [2.45, 2.75) is 19.0 Å². The minimum atomic E-state index is -3.61. The van der Waals surface area contributed by atoms with Gasteiger partial charge in [-0.3, -0.25) is 19.1 Å². The summed E-state index contributed by atoms with van der Waals surface area (Å²) in [6, 6.07) is 6.95. The summed E-state index contributed by atoms with van der Waals surface area (Å²) in [6.45, 7) is -1.62. The summed E-state index contributed by atoms with van der Waals surface area (Å²) in [5.74, 6) is -4.68. The Morgan fingerprint density at radius 2 is 2.06 bits per heavy atom. The van der Waals surface area contributed by atoms with E-state index in [4.69, 9.17) is 11.6 Å². The Hall–Kier alpha value is -4.53. The SMILES string of the molecule is O=C(Cn1c(Cl)cnc(NCC(F)(F)c2cccc[n+]2[O-])c1=O)NCc1ncccc1-n1cnnn1. The molecule has 0 bridgehead atoms. The Bertz CT molecular complexity index is 1430. The van der Waals surface area contributed by atoms with Crippen LogP contribution in [-0.2, 0) is 23.8 Å². The van der Waals surface area contributed by atoms with Gasteiger partial charge in [0.2, 0.25) is 5.91 Å². The molecule has 0 unspecified atom stereocenters. The summed E-state index contributed by atoms with van der Waals surface area (Å²) < 4.78 is 31.2. The number of nitrogens with one attached hydrogen (secondary N) is 2. The van der Waals surface area contributed by atoms with E-state index in [2.05, 4.69) is 36.1 Å². The Labute approximate surface area is 206 Å². The fourth-order valence-corrected chi connectivity index (χ4v) is 3.35. The zero-order valence-electron chi connectivity index (χ0n) is 18.3. The standard InChI is InChI=1S/C20H17ClF2N10O3/c21-16-9-26-18(27-11-20(22,23)15-5-1-2-7-33(15)36)19(35)31(16)10-17(34)25-8-13-14(4-3-6-24-13)32-12-28-29-30-32/h1-7,9,12H,8,10-11H2,(H,25,34)(H,26,27). The molecule has 4 aromatic rings. The van der Waals surface area contributed by atoms with E-state index < -0.39 is 42.0 Å². The Morgan fingerprint density at radius 3 is 2.81 bits per heavy atom. The lowest BCUT2D eigenvalue weighted by molar-refractivity contribution is -0.624. The molecule has 4 aromatic heterocycles. The van der Waals surface area contributed by atoms with Gasteiger partial charge in [0, 0.05) is 18.3 Å². The van der Waals surface area contributed by atoms with Crippen molar-refractivity contribution in [3.05, 3.63) is 87.4 Å². The molecule has 4 heterocycles. The first kappa shape index (κ1) is 24.6. The van der Waals surface area contributed by atoms with Crippen molar-refractivity contribution >= 4 is 23.3 Å². The molecular weight excluding hydrogens is 502 g/mol. The van der Waals surface area contributed by atoms with Crippen molar-refractivity contribution in [1.29, 1.82) is 0 Å². The van der Waals surface area contributed by atoms with Gasteiger partial charge in [0.05, 0.1) is 30.7 Å². The highest BCUT2D eigenvalue weighted by Crippen LogP contribution is 2.25. The molecule has 4 rings (SSSR count). The number of hydrogen-bond acceptors (Lipinski definition) is 9. The van der Waals surface area contributed by atoms with Gasteiger partial charge in [0.1, 0.15) is 18.0 Å². The highest BCUT2D eigenvalue weighted by atomic mass is 35.5. The summed E-state index contributed by atoms with van der Waals surface area (Å²) in [5.41, 5.74) is -0.718. The summed E-state index contributed by atoms with van der Waals surface area (Å²) in [5, 5.41) is 27.2. The van der Waals surface area contributed by atoms with Gasteiger partial charge in [-0.2, -0.15) is 18.2 Å². The predicted octanol–water partition coefficient (Wildman–Crippen LogP) is 0.421. The van der Waals surface area contributed by atoms with Crippen LogP contribution in [0.5, 0.6) is 0 Å². The van der Waals surface area contributed by atoms with Gasteiger partial charge in [-0.05, 0) is 28.6 Å². The summed E-state index contributed by atoms with van der Waals surface area (Å²) in [7, 11) is 0. The fraction of sp³-hybridized carbons (Fsp3) is 0.200. The molecule has 0 aromatic carbocycles. The Kier molecular flexibility index (Phi) is 7.10. The van der Waals surface area contributed by atoms with Gasteiger partial charge < -0.3 is 15.8 Å². The maximum Gasteiger partial charge on any atom is 0.347 e. The molecule has 0 atom stereocenters. The number of hydrogen-bond donors (Lipinski definition) is 2. The smallest absolute Gasteiger partial charge is 0.347 e. The Balaban J connectivity index is 1.44. The number of alkyl halides is 2. The number of carbonyl (C=O) groups excluding carboxylic acids is 1. The second-order valence-corrected chi connectivity index (χ2v) is 7.68. The highest BCUT2D eigenvalue weighted by molar-refractivity contribution is 6.29. The second kappa shape index (κ2) is 10.4. The molecule has 13 nitrogen and oxygen atoms in total. The van der Waals surface area contributed by atoms with Crippen LogP contribution in [0.25, 0.3) is 5.69 Å². The first-order valence-corrected chi connectivity index (χ1v) is 10.6. The number of aromatic nitrogens is 8.